The van der Waals surface area contributed by atoms with E-state index in [4.69, 9.17) is 5.11 Å². The van der Waals surface area contributed by atoms with Gasteiger partial charge in [0.05, 0.1) is 6.26 Å². The normalized spacial score (nSPS) is 24.8. The highest BCUT2D eigenvalue weighted by molar-refractivity contribution is 7.88. The minimum Gasteiger partial charge on any atom is -0.480 e. The van der Waals surface area contributed by atoms with E-state index >= 15 is 0 Å². The second-order valence-corrected chi connectivity index (χ2v) is 8.56. The predicted molar refractivity (Wildman–Crippen MR) is 73.9 cm³/mol. The second kappa shape index (κ2) is 6.81. The van der Waals surface area contributed by atoms with Gasteiger partial charge < -0.3 is 5.11 Å². The lowest BCUT2D eigenvalue weighted by molar-refractivity contribution is -0.136. The molecule has 0 aromatic carbocycles. The topological polar surface area (TPSA) is 91.8 Å². The molecule has 0 bridgehead atoms. The molecule has 0 aromatic heterocycles. The van der Waals surface area contributed by atoms with Crippen LogP contribution >= 0.6 is 0 Å². The maximum atomic E-state index is 12.0. The van der Waals surface area contributed by atoms with Crippen LogP contribution in [0.1, 0.15) is 26.2 Å². The van der Waals surface area contributed by atoms with Crippen molar-refractivity contribution < 1.29 is 22.5 Å². The Morgan fingerprint density at radius 3 is 2.63 bits per heavy atom. The number of carboxylic acids is 1. The zero-order chi connectivity index (χ0) is 14.6. The lowest BCUT2D eigenvalue weighted by Crippen LogP contribution is -2.41. The molecular weight excluding hydrogens is 290 g/mol. The van der Waals surface area contributed by atoms with Crippen molar-refractivity contribution in [1.82, 2.24) is 4.31 Å². The zero-order valence-electron chi connectivity index (χ0n) is 11.2. The van der Waals surface area contributed by atoms with Crippen LogP contribution in [-0.4, -0.2) is 58.4 Å². The molecule has 1 fully saturated rings. The van der Waals surface area contributed by atoms with Crippen molar-refractivity contribution in [2.45, 2.75) is 31.4 Å². The third kappa shape index (κ3) is 4.85. The van der Waals surface area contributed by atoms with Crippen molar-refractivity contribution in [3.05, 3.63) is 0 Å². The maximum Gasteiger partial charge on any atom is 0.319 e. The Labute approximate surface area is 116 Å². The highest BCUT2D eigenvalue weighted by atomic mass is 32.2. The van der Waals surface area contributed by atoms with Crippen LogP contribution in [0.4, 0.5) is 0 Å². The highest BCUT2D eigenvalue weighted by Gasteiger charge is 2.30. The summed E-state index contributed by atoms with van der Waals surface area (Å²) < 4.78 is 36.3. The van der Waals surface area contributed by atoms with Crippen molar-refractivity contribution in [3.63, 3.8) is 0 Å². The summed E-state index contributed by atoms with van der Waals surface area (Å²) in [6.07, 6.45) is 3.02. The van der Waals surface area contributed by atoms with Gasteiger partial charge in [-0.15, -0.1) is 0 Å². The lowest BCUT2D eigenvalue weighted by atomic mass is 10.0. The number of carboxylic acid groups (broad SMARTS) is 1. The van der Waals surface area contributed by atoms with Crippen LogP contribution in [0.5, 0.6) is 0 Å². The van der Waals surface area contributed by atoms with Gasteiger partial charge in [0, 0.05) is 29.6 Å². The number of rotatable bonds is 6. The van der Waals surface area contributed by atoms with Crippen molar-refractivity contribution in [3.8, 4) is 0 Å². The smallest absolute Gasteiger partial charge is 0.319 e. The average molecular weight is 311 g/mol. The molecule has 0 aliphatic carbocycles. The van der Waals surface area contributed by atoms with Gasteiger partial charge in [-0.3, -0.25) is 9.00 Å². The van der Waals surface area contributed by atoms with Gasteiger partial charge in [0.1, 0.15) is 5.25 Å². The van der Waals surface area contributed by atoms with E-state index in [1.54, 1.807) is 6.92 Å². The largest absolute Gasteiger partial charge is 0.480 e. The Morgan fingerprint density at radius 1 is 1.53 bits per heavy atom. The van der Waals surface area contributed by atoms with Crippen molar-refractivity contribution >= 4 is 26.8 Å². The van der Waals surface area contributed by atoms with Gasteiger partial charge >= 0.3 is 5.97 Å². The Bertz CT molecular complexity index is 448. The molecule has 3 unspecified atom stereocenters. The summed E-state index contributed by atoms with van der Waals surface area (Å²) in [6, 6.07) is 0. The van der Waals surface area contributed by atoms with Gasteiger partial charge in [0.25, 0.3) is 0 Å². The number of nitrogens with zero attached hydrogens (tertiary/aromatic N) is 1. The van der Waals surface area contributed by atoms with E-state index in [-0.39, 0.29) is 11.7 Å². The Balaban J connectivity index is 2.62. The number of hydrogen-bond donors (Lipinski definition) is 1. The van der Waals surface area contributed by atoms with Gasteiger partial charge in [-0.2, -0.15) is 0 Å². The number of sulfonamides is 1. The summed E-state index contributed by atoms with van der Waals surface area (Å²) in [5.41, 5.74) is 0. The molecule has 0 saturated carbocycles. The average Bonchev–Trinajstić information content (AvgIpc) is 2.28. The highest BCUT2D eigenvalue weighted by Crippen LogP contribution is 2.21. The first kappa shape index (κ1) is 16.6. The molecule has 19 heavy (non-hydrogen) atoms. The monoisotopic (exact) mass is 311 g/mol. The van der Waals surface area contributed by atoms with E-state index in [0.717, 1.165) is 12.8 Å². The number of piperidine rings is 1. The summed E-state index contributed by atoms with van der Waals surface area (Å²) >= 11 is 0. The fourth-order valence-electron chi connectivity index (χ4n) is 2.29. The minimum atomic E-state index is -3.22. The van der Waals surface area contributed by atoms with Crippen LogP contribution in [0.3, 0.4) is 0 Å². The van der Waals surface area contributed by atoms with Crippen LogP contribution in [0.25, 0.3) is 0 Å². The molecule has 6 nitrogen and oxygen atoms in total. The summed E-state index contributed by atoms with van der Waals surface area (Å²) in [6.45, 7) is 2.54. The van der Waals surface area contributed by atoms with E-state index in [1.165, 1.54) is 10.6 Å². The Kier molecular flexibility index (Phi) is 5.94. The minimum absolute atomic E-state index is 0.0160. The van der Waals surface area contributed by atoms with Crippen molar-refractivity contribution in [2.24, 2.45) is 5.92 Å². The van der Waals surface area contributed by atoms with Crippen LogP contribution in [0.2, 0.25) is 0 Å². The molecule has 112 valence electrons. The number of hydrogen-bond acceptors (Lipinski definition) is 4. The van der Waals surface area contributed by atoms with E-state index < -0.39 is 32.0 Å². The molecule has 1 rings (SSSR count). The molecular formula is C11H21NO5S2. The van der Waals surface area contributed by atoms with Crippen molar-refractivity contribution in [2.75, 3.05) is 25.1 Å². The van der Waals surface area contributed by atoms with Gasteiger partial charge in [-0.05, 0) is 25.2 Å². The van der Waals surface area contributed by atoms with E-state index in [1.807, 2.05) is 0 Å². The first-order valence-corrected chi connectivity index (χ1v) is 9.53. The third-order valence-corrected chi connectivity index (χ3v) is 6.55. The fraction of sp³-hybridized carbons (Fsp3) is 0.909. The number of carbonyl (C=O) groups is 1. The standard InChI is InChI=1S/C11H21NO5S2/c1-3-10(11(13)14)18(15)8-9-5-4-6-12(7-9)19(2,16)17/h9-10H,3-8H2,1-2H3,(H,13,14). The molecule has 1 N–H and O–H groups in total. The third-order valence-electron chi connectivity index (χ3n) is 3.31. The quantitative estimate of drug-likeness (QED) is 0.760. The van der Waals surface area contributed by atoms with Gasteiger partial charge in [-0.25, -0.2) is 12.7 Å². The van der Waals surface area contributed by atoms with Crippen molar-refractivity contribution in [1.29, 1.82) is 0 Å². The second-order valence-electron chi connectivity index (χ2n) is 4.91. The predicted octanol–water partition coefficient (Wildman–Crippen LogP) is 0.270. The summed E-state index contributed by atoms with van der Waals surface area (Å²) in [7, 11) is -4.67. The van der Waals surface area contributed by atoms with Crippen LogP contribution < -0.4 is 0 Å². The van der Waals surface area contributed by atoms with Crippen LogP contribution in [0, 0.1) is 5.92 Å². The van der Waals surface area contributed by atoms with Gasteiger partial charge in [0.2, 0.25) is 10.0 Å². The molecule has 0 spiro atoms. The number of aliphatic carboxylic acids is 1. The molecule has 1 heterocycles. The fourth-order valence-corrected chi connectivity index (χ4v) is 4.79. The molecule has 0 radical (unpaired) electrons. The molecule has 0 amide bonds. The summed E-state index contributed by atoms with van der Waals surface area (Å²) in [4.78, 5) is 10.9. The van der Waals surface area contributed by atoms with Gasteiger partial charge in [-0.1, -0.05) is 6.92 Å². The molecule has 1 aliphatic heterocycles. The zero-order valence-corrected chi connectivity index (χ0v) is 12.9. The Morgan fingerprint density at radius 2 is 2.16 bits per heavy atom. The van der Waals surface area contributed by atoms with E-state index in [2.05, 4.69) is 0 Å². The Hall–Kier alpha value is -0.470. The first-order chi connectivity index (χ1) is 8.75. The molecule has 0 aromatic rings. The molecule has 3 atom stereocenters. The summed E-state index contributed by atoms with van der Waals surface area (Å²) in [5.74, 6) is -0.800. The molecule has 1 aliphatic rings. The van der Waals surface area contributed by atoms with E-state index in [9.17, 15) is 17.4 Å². The summed E-state index contributed by atoms with van der Waals surface area (Å²) in [5, 5.41) is 8.10. The van der Waals surface area contributed by atoms with E-state index in [0.29, 0.717) is 19.5 Å². The van der Waals surface area contributed by atoms with Crippen LogP contribution in [-0.2, 0) is 25.6 Å². The first-order valence-electron chi connectivity index (χ1n) is 6.30. The lowest BCUT2D eigenvalue weighted by Gasteiger charge is -2.31. The van der Waals surface area contributed by atoms with Gasteiger partial charge in [0.15, 0.2) is 0 Å². The SMILES string of the molecule is CCC(C(=O)O)S(=O)CC1CCCN(S(C)(=O)=O)C1. The maximum absolute atomic E-state index is 12.0. The van der Waals surface area contributed by atoms with Crippen LogP contribution in [0.15, 0.2) is 0 Å². The molecule has 8 heteroatoms. The molecule has 1 saturated heterocycles.